The molecule has 2 N–H and O–H groups in total. The maximum atomic E-state index is 4.60. The first-order valence-electron chi connectivity index (χ1n) is 6.28. The Balaban J connectivity index is 1.80. The van der Waals surface area contributed by atoms with Crippen LogP contribution < -0.4 is 10.2 Å². The summed E-state index contributed by atoms with van der Waals surface area (Å²) in [6, 6.07) is 4.20. The summed E-state index contributed by atoms with van der Waals surface area (Å²) in [7, 11) is 0. The van der Waals surface area contributed by atoms with Crippen molar-refractivity contribution in [1.82, 2.24) is 20.5 Å². The summed E-state index contributed by atoms with van der Waals surface area (Å²) in [5.74, 6) is 1.69. The molecular weight excluding hydrogens is 246 g/mol. The predicted molar refractivity (Wildman–Crippen MR) is 74.1 cm³/mol. The van der Waals surface area contributed by atoms with Crippen molar-refractivity contribution in [3.05, 3.63) is 17.0 Å². The number of aryl methyl sites for hydroxylation is 1. The van der Waals surface area contributed by atoms with Crippen molar-refractivity contribution in [1.29, 1.82) is 0 Å². The van der Waals surface area contributed by atoms with Gasteiger partial charge >= 0.3 is 0 Å². The van der Waals surface area contributed by atoms with Crippen LogP contribution in [-0.4, -0.2) is 41.4 Å². The fourth-order valence-corrected chi connectivity index (χ4v) is 2.92. The lowest BCUT2D eigenvalue weighted by atomic mass is 10.4. The van der Waals surface area contributed by atoms with E-state index >= 15 is 0 Å². The van der Waals surface area contributed by atoms with Gasteiger partial charge in [-0.25, -0.2) is 0 Å². The minimum Gasteiger partial charge on any atom is -0.338 e. The number of anilines is 1. The fraction of sp³-hybridized carbons (Fsp3) is 0.500. The molecule has 0 aliphatic carbocycles. The van der Waals surface area contributed by atoms with Crippen molar-refractivity contribution in [2.45, 2.75) is 13.3 Å². The van der Waals surface area contributed by atoms with Gasteiger partial charge < -0.3 is 10.2 Å². The largest absolute Gasteiger partial charge is 0.338 e. The molecule has 0 bridgehead atoms. The summed E-state index contributed by atoms with van der Waals surface area (Å²) in [5.41, 5.74) is 0. The van der Waals surface area contributed by atoms with E-state index in [9.17, 15) is 0 Å². The normalized spacial score (nSPS) is 16.8. The molecule has 1 saturated heterocycles. The molecule has 1 aliphatic heterocycles. The van der Waals surface area contributed by atoms with E-state index in [2.05, 4.69) is 44.5 Å². The summed E-state index contributed by atoms with van der Waals surface area (Å²) < 4.78 is 0. The molecule has 2 aromatic rings. The molecule has 2 aromatic heterocycles. The Morgan fingerprint density at radius 2 is 2.22 bits per heavy atom. The van der Waals surface area contributed by atoms with Crippen molar-refractivity contribution in [2.24, 2.45) is 0 Å². The van der Waals surface area contributed by atoms with Crippen LogP contribution in [0.4, 0.5) is 5.95 Å². The fourth-order valence-electron chi connectivity index (χ4n) is 2.11. The summed E-state index contributed by atoms with van der Waals surface area (Å²) in [6.45, 7) is 6.18. The van der Waals surface area contributed by atoms with Crippen LogP contribution in [0, 0.1) is 6.92 Å². The molecule has 0 unspecified atom stereocenters. The highest BCUT2D eigenvalue weighted by Gasteiger charge is 2.15. The summed E-state index contributed by atoms with van der Waals surface area (Å²) >= 11 is 1.74. The molecule has 18 heavy (non-hydrogen) atoms. The number of rotatable bonds is 2. The SMILES string of the molecule is Cc1ccc(-c2nc(N3CCCNCC3)n[nH]2)s1. The Hall–Kier alpha value is -1.40. The molecule has 3 rings (SSSR count). The number of aromatic nitrogens is 3. The average Bonchev–Trinajstić information content (AvgIpc) is 2.92. The Morgan fingerprint density at radius 1 is 1.28 bits per heavy atom. The highest BCUT2D eigenvalue weighted by atomic mass is 32.1. The van der Waals surface area contributed by atoms with Crippen LogP contribution in [0.1, 0.15) is 11.3 Å². The molecule has 3 heterocycles. The van der Waals surface area contributed by atoms with Gasteiger partial charge in [0.25, 0.3) is 0 Å². The Labute approximate surface area is 110 Å². The van der Waals surface area contributed by atoms with Crippen LogP contribution in [0.3, 0.4) is 0 Å². The molecule has 5 nitrogen and oxygen atoms in total. The van der Waals surface area contributed by atoms with Crippen LogP contribution >= 0.6 is 11.3 Å². The van der Waals surface area contributed by atoms with Gasteiger partial charge in [-0.2, -0.15) is 4.98 Å². The molecule has 1 fully saturated rings. The van der Waals surface area contributed by atoms with Gasteiger partial charge in [0.15, 0.2) is 5.82 Å². The second-order valence-electron chi connectivity index (χ2n) is 4.48. The predicted octanol–water partition coefficient (Wildman–Crippen LogP) is 1.64. The van der Waals surface area contributed by atoms with Crippen molar-refractivity contribution in [2.75, 3.05) is 31.1 Å². The Kier molecular flexibility index (Phi) is 3.29. The first-order valence-corrected chi connectivity index (χ1v) is 7.09. The zero-order valence-electron chi connectivity index (χ0n) is 10.4. The van der Waals surface area contributed by atoms with Gasteiger partial charge in [-0.3, -0.25) is 5.10 Å². The molecule has 0 atom stereocenters. The van der Waals surface area contributed by atoms with Crippen molar-refractivity contribution in [3.8, 4) is 10.7 Å². The first kappa shape index (κ1) is 11.7. The minimum atomic E-state index is 0.819. The highest BCUT2D eigenvalue weighted by Crippen LogP contribution is 2.25. The zero-order valence-corrected chi connectivity index (χ0v) is 11.3. The zero-order chi connectivity index (χ0) is 12.4. The van der Waals surface area contributed by atoms with Gasteiger partial charge in [0.2, 0.25) is 5.95 Å². The van der Waals surface area contributed by atoms with Gasteiger partial charge in [0.1, 0.15) is 0 Å². The third-order valence-corrected chi connectivity index (χ3v) is 4.08. The van der Waals surface area contributed by atoms with Crippen LogP contribution in [0.5, 0.6) is 0 Å². The van der Waals surface area contributed by atoms with E-state index in [1.54, 1.807) is 11.3 Å². The van der Waals surface area contributed by atoms with Crippen molar-refractivity contribution < 1.29 is 0 Å². The molecule has 0 aromatic carbocycles. The van der Waals surface area contributed by atoms with Crippen molar-refractivity contribution in [3.63, 3.8) is 0 Å². The molecule has 96 valence electrons. The molecule has 0 radical (unpaired) electrons. The lowest BCUT2D eigenvalue weighted by Crippen LogP contribution is -2.28. The topological polar surface area (TPSA) is 56.8 Å². The molecular formula is C12H17N5S. The number of H-pyrrole nitrogens is 1. The van der Waals surface area contributed by atoms with Crippen LogP contribution in [-0.2, 0) is 0 Å². The Bertz CT molecular complexity index is 510. The van der Waals surface area contributed by atoms with Crippen LogP contribution in [0.2, 0.25) is 0 Å². The molecule has 6 heteroatoms. The lowest BCUT2D eigenvalue weighted by Gasteiger charge is -2.16. The molecule has 0 amide bonds. The standard InChI is InChI=1S/C12H17N5S/c1-9-3-4-10(18-9)11-14-12(16-15-11)17-7-2-5-13-6-8-17/h3-4,13H,2,5-8H2,1H3,(H,14,15,16). The smallest absolute Gasteiger partial charge is 0.245 e. The van der Waals surface area contributed by atoms with Crippen molar-refractivity contribution >= 4 is 17.3 Å². The average molecular weight is 263 g/mol. The van der Waals surface area contributed by atoms with Crippen LogP contribution in [0.15, 0.2) is 12.1 Å². The van der Waals surface area contributed by atoms with E-state index in [0.717, 1.165) is 49.2 Å². The second kappa shape index (κ2) is 5.07. The number of nitrogens with zero attached hydrogens (tertiary/aromatic N) is 3. The van der Waals surface area contributed by atoms with E-state index in [4.69, 9.17) is 0 Å². The summed E-state index contributed by atoms with van der Waals surface area (Å²) in [6.07, 6.45) is 1.14. The van der Waals surface area contributed by atoms with E-state index in [1.807, 2.05) is 0 Å². The second-order valence-corrected chi connectivity index (χ2v) is 5.77. The molecule has 0 spiro atoms. The third kappa shape index (κ3) is 2.39. The summed E-state index contributed by atoms with van der Waals surface area (Å²) in [5, 5.41) is 10.8. The molecule has 0 saturated carbocycles. The number of hydrogen-bond donors (Lipinski definition) is 2. The number of thiophene rings is 1. The quantitative estimate of drug-likeness (QED) is 0.865. The van der Waals surface area contributed by atoms with Gasteiger partial charge in [0, 0.05) is 24.5 Å². The van der Waals surface area contributed by atoms with E-state index in [0.29, 0.717) is 0 Å². The number of nitrogens with one attached hydrogen (secondary N) is 2. The minimum absolute atomic E-state index is 0.819. The lowest BCUT2D eigenvalue weighted by molar-refractivity contribution is 0.724. The maximum Gasteiger partial charge on any atom is 0.245 e. The maximum absolute atomic E-state index is 4.60. The Morgan fingerprint density at radius 3 is 3.06 bits per heavy atom. The number of aromatic amines is 1. The van der Waals surface area contributed by atoms with Gasteiger partial charge in [0.05, 0.1) is 4.88 Å². The van der Waals surface area contributed by atoms with E-state index in [1.165, 1.54) is 4.88 Å². The molecule has 1 aliphatic rings. The third-order valence-electron chi connectivity index (χ3n) is 3.07. The van der Waals surface area contributed by atoms with Gasteiger partial charge in [-0.05, 0) is 32.0 Å². The van der Waals surface area contributed by atoms with Crippen LogP contribution in [0.25, 0.3) is 10.7 Å². The van der Waals surface area contributed by atoms with Gasteiger partial charge in [-0.1, -0.05) is 0 Å². The summed E-state index contributed by atoms with van der Waals surface area (Å²) in [4.78, 5) is 9.28. The van der Waals surface area contributed by atoms with E-state index in [-0.39, 0.29) is 0 Å². The van der Waals surface area contributed by atoms with Gasteiger partial charge in [-0.15, -0.1) is 16.4 Å². The number of hydrogen-bond acceptors (Lipinski definition) is 5. The van der Waals surface area contributed by atoms with E-state index < -0.39 is 0 Å². The first-order chi connectivity index (χ1) is 8.83. The monoisotopic (exact) mass is 263 g/mol. The highest BCUT2D eigenvalue weighted by molar-refractivity contribution is 7.15.